The summed E-state index contributed by atoms with van der Waals surface area (Å²) in [7, 11) is 3.95. The van der Waals surface area contributed by atoms with Gasteiger partial charge in [0.2, 0.25) is 0 Å². The van der Waals surface area contributed by atoms with Crippen molar-refractivity contribution in [3.63, 3.8) is 0 Å². The number of rotatable bonds is 5. The second-order valence-corrected chi connectivity index (χ2v) is 9.05. The molecule has 1 fully saturated rings. The molecule has 0 spiro atoms. The van der Waals surface area contributed by atoms with Crippen LogP contribution in [0.3, 0.4) is 0 Å². The highest BCUT2D eigenvalue weighted by atomic mass is 35.5. The van der Waals surface area contributed by atoms with Gasteiger partial charge in [-0.3, -0.25) is 4.99 Å². The zero-order valence-electron chi connectivity index (χ0n) is 19.0. The minimum absolute atomic E-state index is 0.0987. The molecule has 0 saturated heterocycles. The van der Waals surface area contributed by atoms with Crippen LogP contribution in [0.15, 0.2) is 76.8 Å². The number of hydrogen-bond donors (Lipinski definition) is 1. The molecule has 1 aliphatic carbocycles. The molecular weight excluding hydrogens is 450 g/mol. The van der Waals surface area contributed by atoms with E-state index in [1.54, 1.807) is 39.6 Å². The van der Waals surface area contributed by atoms with Crippen molar-refractivity contribution < 1.29 is 9.67 Å². The van der Waals surface area contributed by atoms with E-state index in [9.17, 15) is 9.90 Å². The zero-order chi connectivity index (χ0) is 23.8. The van der Waals surface area contributed by atoms with Gasteiger partial charge in [-0.05, 0) is 30.5 Å². The quantitative estimate of drug-likeness (QED) is 0.208. The van der Waals surface area contributed by atoms with Gasteiger partial charge in [0.15, 0.2) is 5.56 Å². The number of aromatic hydroxyl groups is 1. The summed E-state index contributed by atoms with van der Waals surface area (Å²) in [6.07, 6.45) is 5.62. The lowest BCUT2D eigenvalue weighted by Gasteiger charge is -2.16. The van der Waals surface area contributed by atoms with E-state index in [2.05, 4.69) is 4.98 Å². The van der Waals surface area contributed by atoms with E-state index in [0.29, 0.717) is 29.0 Å². The predicted octanol–water partition coefficient (Wildman–Crippen LogP) is 3.53. The van der Waals surface area contributed by atoms with Gasteiger partial charge in [-0.15, -0.1) is 0 Å². The van der Waals surface area contributed by atoms with Gasteiger partial charge in [0.25, 0.3) is 11.5 Å². The molecule has 3 aromatic heterocycles. The van der Waals surface area contributed by atoms with Crippen molar-refractivity contribution >= 4 is 23.1 Å². The third kappa shape index (κ3) is 4.26. The van der Waals surface area contributed by atoms with E-state index in [-0.39, 0.29) is 17.0 Å². The van der Waals surface area contributed by atoms with Crippen molar-refractivity contribution in [3.8, 4) is 17.0 Å². The fraction of sp³-hybridized carbons (Fsp3) is 0.231. The molecule has 4 aromatic rings. The van der Waals surface area contributed by atoms with Crippen LogP contribution in [0.5, 0.6) is 5.88 Å². The smallest absolute Gasteiger partial charge is 0.354 e. The third-order valence-electron chi connectivity index (χ3n) is 5.86. The number of halogens is 1. The first-order valence-corrected chi connectivity index (χ1v) is 11.5. The van der Waals surface area contributed by atoms with E-state index in [0.717, 1.165) is 29.8 Å². The average Bonchev–Trinajstić information content (AvgIpc) is 3.66. The Bertz CT molecular complexity index is 1440. The lowest BCUT2D eigenvalue weighted by Crippen LogP contribution is -2.41. The number of amidine groups is 1. The van der Waals surface area contributed by atoms with E-state index in [1.165, 1.54) is 0 Å². The topological polar surface area (TPSA) is 74.1 Å². The molecule has 8 heteroatoms. The molecule has 7 nitrogen and oxygen atoms in total. The van der Waals surface area contributed by atoms with Crippen LogP contribution in [0, 0.1) is 0 Å². The van der Waals surface area contributed by atoms with Gasteiger partial charge in [0.05, 0.1) is 12.2 Å². The van der Waals surface area contributed by atoms with E-state index in [4.69, 9.17) is 16.6 Å². The maximum absolute atomic E-state index is 13.4. The highest BCUT2D eigenvalue weighted by molar-refractivity contribution is 6.29. The van der Waals surface area contributed by atoms with Crippen LogP contribution in [-0.2, 0) is 6.54 Å². The SMILES string of the molecule is CN(C)C(=NC1CC1)c1ccc(-c2c(O)[n+](Cc3ccc(Cl)nc3)c3ccccn3c2=O)cc1. The molecule has 0 unspecified atom stereocenters. The normalized spacial score (nSPS) is 13.9. The molecule has 172 valence electrons. The van der Waals surface area contributed by atoms with Crippen LogP contribution >= 0.6 is 11.6 Å². The lowest BCUT2D eigenvalue weighted by molar-refractivity contribution is -0.671. The first-order chi connectivity index (χ1) is 16.4. The first-order valence-electron chi connectivity index (χ1n) is 11.1. The number of aromatic nitrogens is 3. The van der Waals surface area contributed by atoms with Gasteiger partial charge in [-0.25, -0.2) is 9.78 Å². The Kier molecular flexibility index (Phi) is 5.79. The second-order valence-electron chi connectivity index (χ2n) is 8.66. The fourth-order valence-electron chi connectivity index (χ4n) is 3.99. The Morgan fingerprint density at radius 2 is 1.94 bits per heavy atom. The van der Waals surface area contributed by atoms with Gasteiger partial charge < -0.3 is 10.0 Å². The Labute approximate surface area is 202 Å². The van der Waals surface area contributed by atoms with Crippen molar-refractivity contribution in [2.45, 2.75) is 25.4 Å². The minimum Gasteiger partial charge on any atom is -0.477 e. The van der Waals surface area contributed by atoms with Gasteiger partial charge in [0.1, 0.15) is 17.5 Å². The van der Waals surface area contributed by atoms with Crippen LogP contribution < -0.4 is 10.1 Å². The molecule has 5 rings (SSSR count). The summed E-state index contributed by atoms with van der Waals surface area (Å²) >= 11 is 5.93. The van der Waals surface area contributed by atoms with Crippen molar-refractivity contribution in [2.24, 2.45) is 4.99 Å². The van der Waals surface area contributed by atoms with E-state index in [1.807, 2.05) is 55.4 Å². The summed E-state index contributed by atoms with van der Waals surface area (Å²) < 4.78 is 3.25. The standard InChI is InChI=1S/C26H24ClN5O2/c1-30(2)24(29-20-11-12-20)19-9-7-18(8-10-19)23-25(33)31-14-4-3-5-22(31)32(26(23)34)16-17-6-13-21(27)28-15-17/h3-10,13-15,20H,11-12,16H2,1-2H3/p+1. The number of fused-ring (bicyclic) bond motifs is 1. The fourth-order valence-corrected chi connectivity index (χ4v) is 4.10. The molecule has 1 saturated carbocycles. The summed E-state index contributed by atoms with van der Waals surface area (Å²) in [5.74, 6) is 0.817. The third-order valence-corrected chi connectivity index (χ3v) is 6.09. The van der Waals surface area contributed by atoms with Crippen LogP contribution in [0.25, 0.3) is 16.8 Å². The molecule has 1 N–H and O–H groups in total. The number of nitrogens with zero attached hydrogens (tertiary/aromatic N) is 5. The van der Waals surface area contributed by atoms with E-state index >= 15 is 0 Å². The molecule has 3 heterocycles. The van der Waals surface area contributed by atoms with Crippen LogP contribution in [0.2, 0.25) is 5.15 Å². The molecule has 0 amide bonds. The van der Waals surface area contributed by atoms with Gasteiger partial charge in [-0.1, -0.05) is 48.0 Å². The van der Waals surface area contributed by atoms with Crippen LogP contribution in [-0.4, -0.2) is 45.4 Å². The number of pyridine rings is 2. The molecule has 0 radical (unpaired) electrons. The van der Waals surface area contributed by atoms with Crippen molar-refractivity contribution in [2.75, 3.05) is 14.1 Å². The number of aliphatic imine (C=N–C) groups is 1. The molecule has 1 aliphatic rings. The number of hydrogen-bond acceptors (Lipinski definition) is 4. The molecule has 34 heavy (non-hydrogen) atoms. The lowest BCUT2D eigenvalue weighted by atomic mass is 10.0. The molecule has 0 bridgehead atoms. The molecule has 0 aliphatic heterocycles. The Morgan fingerprint density at radius 3 is 2.59 bits per heavy atom. The Balaban J connectivity index is 1.62. The maximum Gasteiger partial charge on any atom is 0.354 e. The Morgan fingerprint density at radius 1 is 1.18 bits per heavy atom. The largest absolute Gasteiger partial charge is 0.477 e. The molecule has 0 atom stereocenters. The van der Waals surface area contributed by atoms with Gasteiger partial charge in [-0.2, -0.15) is 8.97 Å². The first kappa shape index (κ1) is 22.1. The number of benzene rings is 1. The molecular formula is C26H25ClN5O2+. The minimum atomic E-state index is -0.286. The van der Waals surface area contributed by atoms with Gasteiger partial charge >= 0.3 is 5.56 Å². The second kappa shape index (κ2) is 8.91. The summed E-state index contributed by atoms with van der Waals surface area (Å²) in [6.45, 7) is 0.327. The van der Waals surface area contributed by atoms with Gasteiger partial charge in [0, 0.05) is 37.5 Å². The zero-order valence-corrected chi connectivity index (χ0v) is 19.8. The summed E-state index contributed by atoms with van der Waals surface area (Å²) in [6, 6.07) is 17.0. The monoisotopic (exact) mass is 474 g/mol. The Hall–Kier alpha value is -3.71. The average molecular weight is 475 g/mol. The summed E-state index contributed by atoms with van der Waals surface area (Å²) in [5.41, 5.74) is 2.99. The highest BCUT2D eigenvalue weighted by Gasteiger charge is 2.26. The van der Waals surface area contributed by atoms with Crippen molar-refractivity contribution in [3.05, 3.63) is 93.6 Å². The van der Waals surface area contributed by atoms with Crippen LogP contribution in [0.4, 0.5) is 0 Å². The van der Waals surface area contributed by atoms with E-state index < -0.39 is 0 Å². The predicted molar refractivity (Wildman–Crippen MR) is 133 cm³/mol. The van der Waals surface area contributed by atoms with Crippen molar-refractivity contribution in [1.29, 1.82) is 0 Å². The van der Waals surface area contributed by atoms with Crippen LogP contribution in [0.1, 0.15) is 24.0 Å². The highest BCUT2D eigenvalue weighted by Crippen LogP contribution is 2.27. The summed E-state index contributed by atoms with van der Waals surface area (Å²) in [4.78, 5) is 24.4. The van der Waals surface area contributed by atoms with Crippen molar-refractivity contribution in [1.82, 2.24) is 14.3 Å². The molecule has 1 aromatic carbocycles. The summed E-state index contributed by atoms with van der Waals surface area (Å²) in [5, 5.41) is 11.7. The maximum atomic E-state index is 13.4.